The van der Waals surface area contributed by atoms with E-state index in [0.29, 0.717) is 12.8 Å². The van der Waals surface area contributed by atoms with E-state index >= 15 is 0 Å². The summed E-state index contributed by atoms with van der Waals surface area (Å²) in [6, 6.07) is 0. The van der Waals surface area contributed by atoms with Crippen LogP contribution >= 0.6 is 0 Å². The third kappa shape index (κ3) is 13.6. The molecular formula is C8H16O6S2. The zero-order valence-corrected chi connectivity index (χ0v) is 10.9. The molecule has 0 bridgehead atoms. The highest BCUT2D eigenvalue weighted by molar-refractivity contribution is 7.86. The Bertz CT molecular complexity index is 366. The van der Waals surface area contributed by atoms with E-state index in [4.69, 9.17) is 0 Å². The van der Waals surface area contributed by atoms with Crippen molar-refractivity contribution in [2.75, 3.05) is 25.7 Å². The van der Waals surface area contributed by atoms with Crippen molar-refractivity contribution >= 4 is 20.2 Å². The van der Waals surface area contributed by atoms with Crippen molar-refractivity contribution in [3.63, 3.8) is 0 Å². The van der Waals surface area contributed by atoms with Crippen molar-refractivity contribution in [1.29, 1.82) is 0 Å². The molecule has 0 aromatic rings. The first-order chi connectivity index (χ1) is 7.21. The molecule has 16 heavy (non-hydrogen) atoms. The fraction of sp³-hybridized carbons (Fsp3) is 0.750. The molecule has 8 heteroatoms. The highest BCUT2D eigenvalue weighted by atomic mass is 32.2. The zero-order chi connectivity index (χ0) is 12.7. The molecule has 0 fully saturated rings. The van der Waals surface area contributed by atoms with E-state index in [1.54, 1.807) is 12.2 Å². The summed E-state index contributed by atoms with van der Waals surface area (Å²) < 4.78 is 51.1. The van der Waals surface area contributed by atoms with Crippen LogP contribution in [0.25, 0.3) is 0 Å². The third-order valence-electron chi connectivity index (χ3n) is 1.33. The molecule has 0 heterocycles. The normalized spacial score (nSPS) is 13.4. The first kappa shape index (κ1) is 15.6. The summed E-state index contributed by atoms with van der Waals surface area (Å²) in [7, 11) is -6.76. The van der Waals surface area contributed by atoms with Crippen LogP contribution in [0.1, 0.15) is 12.8 Å². The van der Waals surface area contributed by atoms with Crippen molar-refractivity contribution in [2.45, 2.75) is 12.8 Å². The van der Waals surface area contributed by atoms with Gasteiger partial charge in [0.25, 0.3) is 20.2 Å². The Kier molecular flexibility index (Phi) is 6.81. The Labute approximate surface area is 96.5 Å². The molecule has 0 saturated heterocycles. The lowest BCUT2D eigenvalue weighted by atomic mass is 10.3. The zero-order valence-electron chi connectivity index (χ0n) is 9.25. The van der Waals surface area contributed by atoms with Crippen LogP contribution in [0.15, 0.2) is 12.2 Å². The van der Waals surface area contributed by atoms with Crippen LogP contribution < -0.4 is 0 Å². The predicted molar refractivity (Wildman–Crippen MR) is 60.0 cm³/mol. The van der Waals surface area contributed by atoms with Gasteiger partial charge in [-0.25, -0.2) is 0 Å². The summed E-state index contributed by atoms with van der Waals surface area (Å²) in [6.07, 6.45) is 6.28. The molecule has 0 radical (unpaired) electrons. The summed E-state index contributed by atoms with van der Waals surface area (Å²) in [4.78, 5) is 0. The molecule has 0 unspecified atom stereocenters. The van der Waals surface area contributed by atoms with E-state index in [-0.39, 0.29) is 13.2 Å². The van der Waals surface area contributed by atoms with Crippen LogP contribution in [0.5, 0.6) is 0 Å². The van der Waals surface area contributed by atoms with Gasteiger partial charge in [0.15, 0.2) is 0 Å². The Morgan fingerprint density at radius 2 is 1.12 bits per heavy atom. The van der Waals surface area contributed by atoms with Gasteiger partial charge in [0.2, 0.25) is 0 Å². The van der Waals surface area contributed by atoms with Crippen molar-refractivity contribution in [3.05, 3.63) is 12.2 Å². The van der Waals surface area contributed by atoms with E-state index in [9.17, 15) is 16.8 Å². The molecule has 6 nitrogen and oxygen atoms in total. The summed E-state index contributed by atoms with van der Waals surface area (Å²) >= 11 is 0. The fourth-order valence-corrected chi connectivity index (χ4v) is 1.57. The Hall–Kier alpha value is -0.440. The highest BCUT2D eigenvalue weighted by Crippen LogP contribution is 1.94. The molecular weight excluding hydrogens is 256 g/mol. The molecule has 0 amide bonds. The van der Waals surface area contributed by atoms with E-state index in [1.165, 1.54) is 0 Å². The van der Waals surface area contributed by atoms with Gasteiger partial charge in [0.1, 0.15) is 0 Å². The molecule has 0 N–H and O–H groups in total. The Morgan fingerprint density at radius 3 is 1.38 bits per heavy atom. The predicted octanol–water partition coefficient (Wildman–Crippen LogP) is 0.275. The van der Waals surface area contributed by atoms with Gasteiger partial charge in [-0.05, 0) is 12.8 Å². The van der Waals surface area contributed by atoms with E-state index in [2.05, 4.69) is 8.37 Å². The van der Waals surface area contributed by atoms with Crippen LogP contribution in [0.2, 0.25) is 0 Å². The molecule has 0 aromatic heterocycles. The second-order valence-electron chi connectivity index (χ2n) is 3.10. The van der Waals surface area contributed by atoms with Crippen molar-refractivity contribution in [2.24, 2.45) is 0 Å². The van der Waals surface area contributed by atoms with Gasteiger partial charge < -0.3 is 0 Å². The topological polar surface area (TPSA) is 86.7 Å². The summed E-state index contributed by atoms with van der Waals surface area (Å²) in [5.74, 6) is 0. The maximum atomic E-state index is 10.5. The van der Waals surface area contributed by atoms with E-state index in [0.717, 1.165) is 12.5 Å². The van der Waals surface area contributed by atoms with Gasteiger partial charge >= 0.3 is 0 Å². The molecule has 96 valence electrons. The van der Waals surface area contributed by atoms with Gasteiger partial charge in [0, 0.05) is 0 Å². The average Bonchev–Trinajstić information content (AvgIpc) is 2.06. The molecule has 0 spiro atoms. The van der Waals surface area contributed by atoms with Crippen molar-refractivity contribution < 1.29 is 25.2 Å². The van der Waals surface area contributed by atoms with E-state index < -0.39 is 20.2 Å². The number of hydrogen-bond acceptors (Lipinski definition) is 6. The molecule has 0 aliphatic rings. The lowest BCUT2D eigenvalue weighted by Gasteiger charge is -1.98. The standard InChI is InChI=1S/C8H16O6S2/c1-15(9,10)13-7-5-3-4-6-8-14-16(2,11)12/h3-4H,5-8H2,1-2H3/b4-3-. The smallest absolute Gasteiger partial charge is 0.264 e. The van der Waals surface area contributed by atoms with Crippen LogP contribution in [-0.4, -0.2) is 42.6 Å². The molecule has 0 rings (SSSR count). The van der Waals surface area contributed by atoms with Crippen LogP contribution in [0.4, 0.5) is 0 Å². The maximum Gasteiger partial charge on any atom is 0.264 e. The molecule has 0 aliphatic carbocycles. The highest BCUT2D eigenvalue weighted by Gasteiger charge is 1.99. The number of hydrogen-bond donors (Lipinski definition) is 0. The monoisotopic (exact) mass is 272 g/mol. The summed E-state index contributed by atoms with van der Waals surface area (Å²) in [5, 5.41) is 0. The van der Waals surface area contributed by atoms with Crippen molar-refractivity contribution in [1.82, 2.24) is 0 Å². The Morgan fingerprint density at radius 1 is 0.812 bits per heavy atom. The molecule has 0 atom stereocenters. The lowest BCUT2D eigenvalue weighted by Crippen LogP contribution is -2.03. The van der Waals surface area contributed by atoms with Crippen molar-refractivity contribution in [3.8, 4) is 0 Å². The van der Waals surface area contributed by atoms with Gasteiger partial charge in [-0.1, -0.05) is 12.2 Å². The van der Waals surface area contributed by atoms with Crippen LogP contribution in [0, 0.1) is 0 Å². The van der Waals surface area contributed by atoms with Gasteiger partial charge in [-0.3, -0.25) is 8.37 Å². The second-order valence-corrected chi connectivity index (χ2v) is 6.39. The van der Waals surface area contributed by atoms with E-state index in [1.807, 2.05) is 0 Å². The minimum absolute atomic E-state index is 0.0856. The van der Waals surface area contributed by atoms with Gasteiger partial charge in [-0.15, -0.1) is 0 Å². The fourth-order valence-electron chi connectivity index (χ4n) is 0.771. The summed E-state index contributed by atoms with van der Waals surface area (Å²) in [6.45, 7) is 0.171. The SMILES string of the molecule is CS(=O)(=O)OCC/C=C\CCOS(C)(=O)=O. The second kappa shape index (κ2) is 7.00. The lowest BCUT2D eigenvalue weighted by molar-refractivity contribution is 0.324. The number of rotatable bonds is 8. The first-order valence-electron chi connectivity index (χ1n) is 4.54. The minimum atomic E-state index is -3.38. The molecule has 0 saturated carbocycles. The average molecular weight is 272 g/mol. The van der Waals surface area contributed by atoms with Crippen LogP contribution in [0.3, 0.4) is 0 Å². The van der Waals surface area contributed by atoms with Gasteiger partial charge in [0.05, 0.1) is 25.7 Å². The minimum Gasteiger partial charge on any atom is -0.270 e. The Balaban J connectivity index is 3.50. The van der Waals surface area contributed by atoms with Gasteiger partial charge in [-0.2, -0.15) is 16.8 Å². The third-order valence-corrected chi connectivity index (χ3v) is 2.52. The first-order valence-corrected chi connectivity index (χ1v) is 8.18. The largest absolute Gasteiger partial charge is 0.270 e. The van der Waals surface area contributed by atoms with Crippen LogP contribution in [-0.2, 0) is 28.6 Å². The quantitative estimate of drug-likeness (QED) is 0.358. The maximum absolute atomic E-state index is 10.5. The summed E-state index contributed by atoms with van der Waals surface area (Å²) in [5.41, 5.74) is 0. The molecule has 0 aliphatic heterocycles. The molecule has 0 aromatic carbocycles.